The highest BCUT2D eigenvalue weighted by Gasteiger charge is 2.35. The summed E-state index contributed by atoms with van der Waals surface area (Å²) in [4.78, 5) is 0. The molecular formula is C12H21NO. The fourth-order valence-electron chi connectivity index (χ4n) is 2.70. The van der Waals surface area contributed by atoms with E-state index in [1.807, 2.05) is 0 Å². The zero-order chi connectivity index (χ0) is 10.0. The monoisotopic (exact) mass is 195 g/mol. The van der Waals surface area contributed by atoms with Crippen LogP contribution in [0.5, 0.6) is 0 Å². The van der Waals surface area contributed by atoms with Gasteiger partial charge in [-0.15, -0.1) is 0 Å². The molecule has 2 nitrogen and oxygen atoms in total. The number of aliphatic hydroxyl groups is 1. The van der Waals surface area contributed by atoms with E-state index in [9.17, 15) is 5.11 Å². The lowest BCUT2D eigenvalue weighted by Gasteiger charge is -2.38. The molecule has 0 heterocycles. The van der Waals surface area contributed by atoms with Crippen LogP contribution in [0.25, 0.3) is 0 Å². The topological polar surface area (TPSA) is 46.2 Å². The molecule has 0 aromatic carbocycles. The summed E-state index contributed by atoms with van der Waals surface area (Å²) in [6.07, 6.45) is 10.8. The SMILES string of the molecule is NC1CCC(O)(C2=CCCCC2)CC1. The summed E-state index contributed by atoms with van der Waals surface area (Å²) in [5.74, 6) is 0. The van der Waals surface area contributed by atoms with Crippen LogP contribution in [-0.4, -0.2) is 16.7 Å². The molecule has 0 bridgehead atoms. The molecule has 2 heteroatoms. The molecule has 0 aromatic heterocycles. The maximum Gasteiger partial charge on any atom is 0.0857 e. The molecule has 2 rings (SSSR count). The van der Waals surface area contributed by atoms with Gasteiger partial charge in [-0.3, -0.25) is 0 Å². The predicted molar refractivity (Wildman–Crippen MR) is 57.9 cm³/mol. The molecule has 0 aliphatic heterocycles. The normalized spacial score (nSPS) is 39.3. The average molecular weight is 195 g/mol. The van der Waals surface area contributed by atoms with Crippen LogP contribution >= 0.6 is 0 Å². The number of hydrogen-bond acceptors (Lipinski definition) is 2. The van der Waals surface area contributed by atoms with Crippen LogP contribution in [0.3, 0.4) is 0 Å². The molecule has 1 fully saturated rings. The van der Waals surface area contributed by atoms with Gasteiger partial charge in [0.15, 0.2) is 0 Å². The first-order chi connectivity index (χ1) is 6.71. The largest absolute Gasteiger partial charge is 0.386 e. The lowest BCUT2D eigenvalue weighted by molar-refractivity contribution is 0.0301. The van der Waals surface area contributed by atoms with Crippen molar-refractivity contribution < 1.29 is 5.11 Å². The van der Waals surface area contributed by atoms with E-state index in [-0.39, 0.29) is 0 Å². The van der Waals surface area contributed by atoms with E-state index in [1.165, 1.54) is 18.4 Å². The highest BCUT2D eigenvalue weighted by atomic mass is 16.3. The zero-order valence-electron chi connectivity index (χ0n) is 8.84. The smallest absolute Gasteiger partial charge is 0.0857 e. The number of nitrogens with two attached hydrogens (primary N) is 1. The summed E-state index contributed by atoms with van der Waals surface area (Å²) >= 11 is 0. The quantitative estimate of drug-likeness (QED) is 0.629. The summed E-state index contributed by atoms with van der Waals surface area (Å²) in [6, 6.07) is 0.319. The van der Waals surface area contributed by atoms with Crippen LogP contribution < -0.4 is 5.73 Å². The first-order valence-electron chi connectivity index (χ1n) is 5.88. The van der Waals surface area contributed by atoms with E-state index in [4.69, 9.17) is 5.73 Å². The maximum atomic E-state index is 10.5. The minimum absolute atomic E-state index is 0.319. The highest BCUT2D eigenvalue weighted by Crippen LogP contribution is 2.37. The second-order valence-corrected chi connectivity index (χ2v) is 4.84. The van der Waals surface area contributed by atoms with Gasteiger partial charge in [-0.1, -0.05) is 6.08 Å². The molecule has 80 valence electrons. The standard InChI is InChI=1S/C12H21NO/c13-11-6-8-12(14,9-7-11)10-4-2-1-3-5-10/h4,11,14H,1-3,5-9,13H2. The molecule has 3 N–H and O–H groups in total. The van der Waals surface area contributed by atoms with Crippen LogP contribution in [-0.2, 0) is 0 Å². The highest BCUT2D eigenvalue weighted by molar-refractivity contribution is 5.19. The van der Waals surface area contributed by atoms with E-state index in [0.29, 0.717) is 6.04 Å². The van der Waals surface area contributed by atoms with E-state index in [1.54, 1.807) is 0 Å². The number of hydrogen-bond donors (Lipinski definition) is 2. The van der Waals surface area contributed by atoms with E-state index < -0.39 is 5.60 Å². The number of rotatable bonds is 1. The molecule has 0 saturated heterocycles. The Labute approximate surface area is 86.2 Å². The summed E-state index contributed by atoms with van der Waals surface area (Å²) < 4.78 is 0. The first kappa shape index (κ1) is 10.2. The molecule has 1 saturated carbocycles. The van der Waals surface area contributed by atoms with Crippen LogP contribution in [0.1, 0.15) is 51.4 Å². The van der Waals surface area contributed by atoms with Crippen molar-refractivity contribution in [2.75, 3.05) is 0 Å². The van der Waals surface area contributed by atoms with Gasteiger partial charge in [0.2, 0.25) is 0 Å². The van der Waals surface area contributed by atoms with E-state index in [0.717, 1.165) is 38.5 Å². The lowest BCUT2D eigenvalue weighted by Crippen LogP contribution is -2.40. The third-order valence-corrected chi connectivity index (χ3v) is 3.75. The fourth-order valence-corrected chi connectivity index (χ4v) is 2.70. The van der Waals surface area contributed by atoms with Crippen LogP contribution in [0.4, 0.5) is 0 Å². The first-order valence-corrected chi connectivity index (χ1v) is 5.88. The van der Waals surface area contributed by atoms with Gasteiger partial charge in [-0.25, -0.2) is 0 Å². The molecule has 14 heavy (non-hydrogen) atoms. The Hall–Kier alpha value is -0.340. The average Bonchev–Trinajstić information content (AvgIpc) is 2.24. The Morgan fingerprint density at radius 2 is 2.00 bits per heavy atom. The van der Waals surface area contributed by atoms with Crippen molar-refractivity contribution in [3.8, 4) is 0 Å². The summed E-state index contributed by atoms with van der Waals surface area (Å²) in [5, 5.41) is 10.5. The molecule has 0 atom stereocenters. The Kier molecular flexibility index (Phi) is 2.93. The Morgan fingerprint density at radius 3 is 2.57 bits per heavy atom. The number of allylic oxidation sites excluding steroid dienone is 1. The fraction of sp³-hybridized carbons (Fsp3) is 0.833. The zero-order valence-corrected chi connectivity index (χ0v) is 8.84. The van der Waals surface area contributed by atoms with Gasteiger partial charge < -0.3 is 10.8 Å². The third-order valence-electron chi connectivity index (χ3n) is 3.75. The lowest BCUT2D eigenvalue weighted by atomic mass is 9.74. The summed E-state index contributed by atoms with van der Waals surface area (Å²) in [6.45, 7) is 0. The van der Waals surface area contributed by atoms with Gasteiger partial charge in [0.1, 0.15) is 0 Å². The minimum Gasteiger partial charge on any atom is -0.386 e. The maximum absolute atomic E-state index is 10.5. The van der Waals surface area contributed by atoms with Crippen LogP contribution in [0.2, 0.25) is 0 Å². The minimum atomic E-state index is -0.490. The Morgan fingerprint density at radius 1 is 1.29 bits per heavy atom. The Bertz CT molecular complexity index is 226. The summed E-state index contributed by atoms with van der Waals surface area (Å²) in [5.41, 5.74) is 6.67. The second-order valence-electron chi connectivity index (χ2n) is 4.84. The van der Waals surface area contributed by atoms with Crippen molar-refractivity contribution in [1.82, 2.24) is 0 Å². The molecule has 2 aliphatic carbocycles. The van der Waals surface area contributed by atoms with E-state index in [2.05, 4.69) is 6.08 Å². The molecule has 0 spiro atoms. The second kappa shape index (κ2) is 4.03. The summed E-state index contributed by atoms with van der Waals surface area (Å²) in [7, 11) is 0. The van der Waals surface area contributed by atoms with Gasteiger partial charge in [0.25, 0.3) is 0 Å². The van der Waals surface area contributed by atoms with Crippen molar-refractivity contribution in [2.45, 2.75) is 63.0 Å². The molecule has 0 aromatic rings. The van der Waals surface area contributed by atoms with Crippen LogP contribution in [0, 0.1) is 0 Å². The van der Waals surface area contributed by atoms with Crippen molar-refractivity contribution in [1.29, 1.82) is 0 Å². The van der Waals surface area contributed by atoms with Crippen molar-refractivity contribution in [2.24, 2.45) is 5.73 Å². The van der Waals surface area contributed by atoms with Crippen molar-refractivity contribution >= 4 is 0 Å². The predicted octanol–water partition coefficient (Wildman–Crippen LogP) is 2.12. The molecule has 2 aliphatic rings. The van der Waals surface area contributed by atoms with Crippen LogP contribution in [0.15, 0.2) is 11.6 Å². The molecule has 0 radical (unpaired) electrons. The van der Waals surface area contributed by atoms with Gasteiger partial charge in [-0.2, -0.15) is 0 Å². The third kappa shape index (κ3) is 2.01. The molecular weight excluding hydrogens is 174 g/mol. The molecule has 0 unspecified atom stereocenters. The van der Waals surface area contributed by atoms with E-state index >= 15 is 0 Å². The van der Waals surface area contributed by atoms with Gasteiger partial charge >= 0.3 is 0 Å². The molecule has 0 amide bonds. The van der Waals surface area contributed by atoms with Gasteiger partial charge in [0.05, 0.1) is 5.60 Å². The Balaban J connectivity index is 2.04. The van der Waals surface area contributed by atoms with Gasteiger partial charge in [-0.05, 0) is 56.9 Å². The van der Waals surface area contributed by atoms with Gasteiger partial charge in [0, 0.05) is 6.04 Å². The van der Waals surface area contributed by atoms with Crippen molar-refractivity contribution in [3.63, 3.8) is 0 Å². The van der Waals surface area contributed by atoms with Crippen molar-refractivity contribution in [3.05, 3.63) is 11.6 Å².